The molecule has 2 heterocycles. The highest BCUT2D eigenvalue weighted by molar-refractivity contribution is 5.94. The fourth-order valence-electron chi connectivity index (χ4n) is 1.99. The lowest BCUT2D eigenvalue weighted by Crippen LogP contribution is -2.29. The minimum Gasteiger partial charge on any atom is -0.382 e. The average molecular weight is 281 g/mol. The molecule has 0 aliphatic rings. The van der Waals surface area contributed by atoms with Crippen molar-refractivity contribution in [3.63, 3.8) is 0 Å². The molecule has 0 bridgehead atoms. The number of anilines is 1. The Kier molecular flexibility index (Phi) is 3.77. The van der Waals surface area contributed by atoms with E-state index in [0.29, 0.717) is 18.9 Å². The zero-order chi connectivity index (χ0) is 14.5. The molecule has 1 aromatic carbocycles. The summed E-state index contributed by atoms with van der Waals surface area (Å²) in [5.41, 5.74) is 2.57. The molecule has 6 heteroatoms. The molecule has 0 radical (unpaired) electrons. The van der Waals surface area contributed by atoms with Crippen LogP contribution in [0.2, 0.25) is 0 Å². The van der Waals surface area contributed by atoms with Crippen molar-refractivity contribution in [1.29, 1.82) is 0 Å². The number of nitrogens with zero attached hydrogens (tertiary/aromatic N) is 2. The summed E-state index contributed by atoms with van der Waals surface area (Å²) >= 11 is 0. The molecule has 0 saturated heterocycles. The standard InChI is InChI=1S/C15H15N5O/c21-15(14-19-12-5-1-2-6-13(12)20-14)18-9-8-17-11-4-3-7-16-10-11/h1-7,10,17H,8-9H2,(H,18,21)(H,19,20). The van der Waals surface area contributed by atoms with Crippen molar-refractivity contribution >= 4 is 22.6 Å². The van der Waals surface area contributed by atoms with Crippen LogP contribution in [0.15, 0.2) is 48.8 Å². The van der Waals surface area contributed by atoms with Crippen LogP contribution < -0.4 is 10.6 Å². The topological polar surface area (TPSA) is 82.7 Å². The van der Waals surface area contributed by atoms with Gasteiger partial charge in [0, 0.05) is 25.5 Å². The fraction of sp³-hybridized carbons (Fsp3) is 0.133. The van der Waals surface area contributed by atoms with E-state index >= 15 is 0 Å². The normalized spacial score (nSPS) is 10.5. The smallest absolute Gasteiger partial charge is 0.287 e. The average Bonchev–Trinajstić information content (AvgIpc) is 2.96. The van der Waals surface area contributed by atoms with E-state index in [1.165, 1.54) is 0 Å². The number of carbonyl (C=O) groups excluding carboxylic acids is 1. The van der Waals surface area contributed by atoms with Crippen molar-refractivity contribution in [2.24, 2.45) is 0 Å². The maximum Gasteiger partial charge on any atom is 0.287 e. The third kappa shape index (κ3) is 3.17. The number of hydrogen-bond acceptors (Lipinski definition) is 4. The van der Waals surface area contributed by atoms with Crippen LogP contribution in [0.4, 0.5) is 5.69 Å². The van der Waals surface area contributed by atoms with Gasteiger partial charge in [-0.3, -0.25) is 9.78 Å². The first-order chi connectivity index (χ1) is 10.3. The molecule has 3 N–H and O–H groups in total. The van der Waals surface area contributed by atoms with Crippen LogP contribution in [-0.4, -0.2) is 33.9 Å². The van der Waals surface area contributed by atoms with Gasteiger partial charge in [-0.25, -0.2) is 4.98 Å². The van der Waals surface area contributed by atoms with E-state index in [9.17, 15) is 4.79 Å². The van der Waals surface area contributed by atoms with Crippen molar-refractivity contribution in [3.8, 4) is 0 Å². The Bertz CT molecular complexity index is 705. The highest BCUT2D eigenvalue weighted by Gasteiger charge is 2.09. The van der Waals surface area contributed by atoms with Crippen LogP contribution in [0.25, 0.3) is 11.0 Å². The highest BCUT2D eigenvalue weighted by atomic mass is 16.2. The van der Waals surface area contributed by atoms with Gasteiger partial charge in [0.15, 0.2) is 5.82 Å². The summed E-state index contributed by atoms with van der Waals surface area (Å²) in [5, 5.41) is 5.98. The molecule has 3 aromatic rings. The molecule has 6 nitrogen and oxygen atoms in total. The Balaban J connectivity index is 1.52. The minimum atomic E-state index is -0.209. The number of benzene rings is 1. The van der Waals surface area contributed by atoms with E-state index in [4.69, 9.17) is 0 Å². The first kappa shape index (κ1) is 13.1. The van der Waals surface area contributed by atoms with Gasteiger partial charge >= 0.3 is 0 Å². The number of carbonyl (C=O) groups is 1. The van der Waals surface area contributed by atoms with Gasteiger partial charge in [0.25, 0.3) is 5.91 Å². The maximum absolute atomic E-state index is 12.0. The molecule has 0 aliphatic carbocycles. The Morgan fingerprint density at radius 3 is 2.86 bits per heavy atom. The van der Waals surface area contributed by atoms with Crippen LogP contribution >= 0.6 is 0 Å². The molecule has 0 atom stereocenters. The van der Waals surface area contributed by atoms with E-state index in [-0.39, 0.29) is 5.91 Å². The number of amides is 1. The van der Waals surface area contributed by atoms with E-state index in [1.807, 2.05) is 36.4 Å². The number of fused-ring (bicyclic) bond motifs is 1. The summed E-state index contributed by atoms with van der Waals surface area (Å²) in [6.07, 6.45) is 3.45. The number of H-pyrrole nitrogens is 1. The van der Waals surface area contributed by atoms with Gasteiger partial charge in [0.2, 0.25) is 0 Å². The first-order valence-electron chi connectivity index (χ1n) is 6.70. The summed E-state index contributed by atoms with van der Waals surface area (Å²) in [6, 6.07) is 11.3. The second-order valence-corrected chi connectivity index (χ2v) is 4.53. The predicted octanol–water partition coefficient (Wildman–Crippen LogP) is 1.80. The molecule has 106 valence electrons. The lowest BCUT2D eigenvalue weighted by Gasteiger charge is -2.06. The van der Waals surface area contributed by atoms with Crippen molar-refractivity contribution in [2.45, 2.75) is 0 Å². The molecule has 0 saturated carbocycles. The predicted molar refractivity (Wildman–Crippen MR) is 81.2 cm³/mol. The summed E-state index contributed by atoms with van der Waals surface area (Å²) in [4.78, 5) is 23.2. The van der Waals surface area contributed by atoms with Gasteiger partial charge in [0.05, 0.1) is 16.7 Å². The van der Waals surface area contributed by atoms with Crippen LogP contribution in [0.5, 0.6) is 0 Å². The van der Waals surface area contributed by atoms with E-state index in [0.717, 1.165) is 16.7 Å². The molecule has 0 fully saturated rings. The molecule has 3 rings (SSSR count). The van der Waals surface area contributed by atoms with Crippen molar-refractivity contribution < 1.29 is 4.79 Å². The number of pyridine rings is 1. The second-order valence-electron chi connectivity index (χ2n) is 4.53. The lowest BCUT2D eigenvalue weighted by molar-refractivity contribution is 0.0946. The second kappa shape index (κ2) is 6.04. The summed E-state index contributed by atoms with van der Waals surface area (Å²) < 4.78 is 0. The third-order valence-corrected chi connectivity index (χ3v) is 3.01. The van der Waals surface area contributed by atoms with Crippen LogP contribution in [0, 0.1) is 0 Å². The number of rotatable bonds is 5. The van der Waals surface area contributed by atoms with Gasteiger partial charge in [-0.1, -0.05) is 12.1 Å². The van der Waals surface area contributed by atoms with Crippen molar-refractivity contribution in [1.82, 2.24) is 20.3 Å². The number of nitrogens with one attached hydrogen (secondary N) is 3. The number of aromatic amines is 1. The zero-order valence-electron chi connectivity index (χ0n) is 11.3. The van der Waals surface area contributed by atoms with Gasteiger partial charge in [0.1, 0.15) is 0 Å². The molecule has 0 aliphatic heterocycles. The van der Waals surface area contributed by atoms with E-state index in [1.54, 1.807) is 12.4 Å². The van der Waals surface area contributed by atoms with Gasteiger partial charge < -0.3 is 15.6 Å². The number of hydrogen-bond donors (Lipinski definition) is 3. The summed E-state index contributed by atoms with van der Waals surface area (Å²) in [7, 11) is 0. The molecular formula is C15H15N5O. The summed E-state index contributed by atoms with van der Waals surface area (Å²) in [5.74, 6) is 0.122. The van der Waals surface area contributed by atoms with Gasteiger partial charge in [-0.2, -0.15) is 0 Å². The van der Waals surface area contributed by atoms with Gasteiger partial charge in [-0.15, -0.1) is 0 Å². The molecule has 1 amide bonds. The van der Waals surface area contributed by atoms with Crippen LogP contribution in [0.3, 0.4) is 0 Å². The fourth-order valence-corrected chi connectivity index (χ4v) is 1.99. The Labute approximate surface area is 121 Å². The third-order valence-electron chi connectivity index (χ3n) is 3.01. The molecule has 0 spiro atoms. The van der Waals surface area contributed by atoms with Crippen molar-refractivity contribution in [2.75, 3.05) is 18.4 Å². The maximum atomic E-state index is 12.0. The zero-order valence-corrected chi connectivity index (χ0v) is 11.3. The lowest BCUT2D eigenvalue weighted by atomic mass is 10.3. The molecular weight excluding hydrogens is 266 g/mol. The highest BCUT2D eigenvalue weighted by Crippen LogP contribution is 2.09. The van der Waals surface area contributed by atoms with E-state index < -0.39 is 0 Å². The first-order valence-corrected chi connectivity index (χ1v) is 6.70. The molecule has 2 aromatic heterocycles. The number of aromatic nitrogens is 3. The Morgan fingerprint density at radius 2 is 2.05 bits per heavy atom. The van der Waals surface area contributed by atoms with E-state index in [2.05, 4.69) is 25.6 Å². The minimum absolute atomic E-state index is 0.209. The molecule has 0 unspecified atom stereocenters. The van der Waals surface area contributed by atoms with Crippen LogP contribution in [0.1, 0.15) is 10.6 Å². The number of imidazole rings is 1. The SMILES string of the molecule is O=C(NCCNc1cccnc1)c1nc2ccccc2[nH]1. The Hall–Kier alpha value is -2.89. The molecule has 21 heavy (non-hydrogen) atoms. The number of para-hydroxylation sites is 2. The summed E-state index contributed by atoms with van der Waals surface area (Å²) in [6.45, 7) is 1.13. The largest absolute Gasteiger partial charge is 0.382 e. The van der Waals surface area contributed by atoms with Crippen molar-refractivity contribution in [3.05, 3.63) is 54.6 Å². The van der Waals surface area contributed by atoms with Gasteiger partial charge in [-0.05, 0) is 24.3 Å². The quantitative estimate of drug-likeness (QED) is 0.623. The van der Waals surface area contributed by atoms with Crippen LogP contribution in [-0.2, 0) is 0 Å². The monoisotopic (exact) mass is 281 g/mol. The Morgan fingerprint density at radius 1 is 1.14 bits per heavy atom.